The van der Waals surface area contributed by atoms with Crippen LogP contribution in [0.25, 0.3) is 0 Å². The number of aromatic nitrogens is 2. The molecule has 1 saturated carbocycles. The van der Waals surface area contributed by atoms with Gasteiger partial charge in [0, 0.05) is 5.92 Å². The summed E-state index contributed by atoms with van der Waals surface area (Å²) < 4.78 is 0. The minimum atomic E-state index is 0.601. The Hall–Kier alpha value is -0.540. The summed E-state index contributed by atoms with van der Waals surface area (Å²) >= 11 is 6.14. The van der Waals surface area contributed by atoms with E-state index in [1.807, 2.05) is 7.05 Å². The highest BCUT2D eigenvalue weighted by atomic mass is 35.5. The molecule has 0 aliphatic heterocycles. The quantitative estimate of drug-likeness (QED) is 0.834. The van der Waals surface area contributed by atoms with Crippen LogP contribution >= 0.6 is 11.6 Å². The van der Waals surface area contributed by atoms with Gasteiger partial charge in [-0.05, 0) is 19.9 Å². The van der Waals surface area contributed by atoms with Crippen LogP contribution in [0.4, 0.5) is 0 Å². The first-order valence-electron chi connectivity index (χ1n) is 5.70. The third kappa shape index (κ3) is 2.52. The average Bonchev–Trinajstić information content (AvgIpc) is 2.61. The first-order chi connectivity index (χ1) is 7.31. The molecule has 2 rings (SSSR count). The zero-order chi connectivity index (χ0) is 10.7. The highest BCUT2D eigenvalue weighted by Crippen LogP contribution is 2.34. The van der Waals surface area contributed by atoms with Gasteiger partial charge in [-0.25, -0.2) is 4.98 Å². The van der Waals surface area contributed by atoms with Crippen molar-refractivity contribution in [3.63, 3.8) is 0 Å². The molecular formula is C11H18ClN3. The first kappa shape index (κ1) is 11.0. The Labute approximate surface area is 95.6 Å². The van der Waals surface area contributed by atoms with Gasteiger partial charge < -0.3 is 10.3 Å². The molecule has 0 spiro atoms. The van der Waals surface area contributed by atoms with Crippen molar-refractivity contribution in [3.8, 4) is 0 Å². The summed E-state index contributed by atoms with van der Waals surface area (Å²) in [5.41, 5.74) is 1.15. The molecule has 1 heterocycles. The number of hydrogen-bond acceptors (Lipinski definition) is 2. The molecule has 0 bridgehead atoms. The van der Waals surface area contributed by atoms with E-state index in [9.17, 15) is 0 Å². The van der Waals surface area contributed by atoms with Gasteiger partial charge in [0.15, 0.2) is 5.15 Å². The van der Waals surface area contributed by atoms with E-state index in [4.69, 9.17) is 11.6 Å². The smallest absolute Gasteiger partial charge is 0.150 e. The Balaban J connectivity index is 2.11. The van der Waals surface area contributed by atoms with Gasteiger partial charge in [-0.15, -0.1) is 0 Å². The Kier molecular flexibility index (Phi) is 3.65. The Bertz CT molecular complexity index is 316. The largest absolute Gasteiger partial charge is 0.343 e. The van der Waals surface area contributed by atoms with Gasteiger partial charge in [-0.2, -0.15) is 0 Å². The third-order valence-electron chi connectivity index (χ3n) is 3.09. The fraction of sp³-hybridized carbons (Fsp3) is 0.727. The summed E-state index contributed by atoms with van der Waals surface area (Å²) in [5.74, 6) is 1.55. The maximum Gasteiger partial charge on any atom is 0.150 e. The molecule has 1 aromatic rings. The van der Waals surface area contributed by atoms with Crippen molar-refractivity contribution >= 4 is 11.6 Å². The second-order valence-electron chi connectivity index (χ2n) is 4.25. The van der Waals surface area contributed by atoms with E-state index in [1.165, 1.54) is 32.1 Å². The Morgan fingerprint density at radius 1 is 1.40 bits per heavy atom. The Morgan fingerprint density at radius 2 is 2.13 bits per heavy atom. The van der Waals surface area contributed by atoms with Crippen LogP contribution in [-0.4, -0.2) is 17.0 Å². The third-order valence-corrected chi connectivity index (χ3v) is 3.38. The van der Waals surface area contributed by atoms with Crippen LogP contribution in [0.1, 0.15) is 49.5 Å². The molecule has 3 nitrogen and oxygen atoms in total. The summed E-state index contributed by atoms with van der Waals surface area (Å²) in [7, 11) is 1.91. The lowest BCUT2D eigenvalue weighted by atomic mass is 9.87. The summed E-state index contributed by atoms with van der Waals surface area (Å²) in [6.07, 6.45) is 6.51. The van der Waals surface area contributed by atoms with E-state index in [1.54, 1.807) is 0 Å². The van der Waals surface area contributed by atoms with Crippen LogP contribution in [0.3, 0.4) is 0 Å². The number of rotatable bonds is 3. The second kappa shape index (κ2) is 4.99. The van der Waals surface area contributed by atoms with Gasteiger partial charge >= 0.3 is 0 Å². The number of imidazole rings is 1. The standard InChI is InChI=1S/C11H18ClN3/c1-13-7-9-14-10(11(12)15-9)8-5-3-2-4-6-8/h8,13H,2-7H2,1H3,(H,14,15). The minimum absolute atomic E-state index is 0.601. The number of hydrogen-bond donors (Lipinski definition) is 2. The topological polar surface area (TPSA) is 40.7 Å². The molecule has 4 heteroatoms. The van der Waals surface area contributed by atoms with Crippen molar-refractivity contribution < 1.29 is 0 Å². The van der Waals surface area contributed by atoms with Crippen LogP contribution in [0.5, 0.6) is 0 Å². The fourth-order valence-corrected chi connectivity index (χ4v) is 2.63. The molecule has 0 aromatic carbocycles. The fourth-order valence-electron chi connectivity index (χ4n) is 2.33. The number of halogens is 1. The lowest BCUT2D eigenvalue weighted by Gasteiger charge is -2.20. The molecule has 1 aromatic heterocycles. The SMILES string of the molecule is CNCc1nc(Cl)c(C2CCCCC2)[nH]1. The van der Waals surface area contributed by atoms with Gasteiger partial charge in [0.1, 0.15) is 5.82 Å². The average molecular weight is 228 g/mol. The molecule has 2 N–H and O–H groups in total. The number of aromatic amines is 1. The molecule has 0 atom stereocenters. The van der Waals surface area contributed by atoms with Crippen molar-refractivity contribution in [2.75, 3.05) is 7.05 Å². The number of nitrogens with zero attached hydrogens (tertiary/aromatic N) is 1. The molecule has 15 heavy (non-hydrogen) atoms. The highest BCUT2D eigenvalue weighted by molar-refractivity contribution is 6.30. The molecule has 0 radical (unpaired) electrons. The van der Waals surface area contributed by atoms with Crippen LogP contribution in [0.15, 0.2) is 0 Å². The molecule has 0 unspecified atom stereocenters. The van der Waals surface area contributed by atoms with Crippen LogP contribution in [0.2, 0.25) is 5.15 Å². The normalized spacial score (nSPS) is 18.3. The first-order valence-corrected chi connectivity index (χ1v) is 6.08. The van der Waals surface area contributed by atoms with Crippen molar-refractivity contribution in [2.45, 2.75) is 44.6 Å². The molecule has 84 valence electrons. The highest BCUT2D eigenvalue weighted by Gasteiger charge is 2.20. The van der Waals surface area contributed by atoms with Gasteiger partial charge in [0.25, 0.3) is 0 Å². The maximum atomic E-state index is 6.14. The molecular weight excluding hydrogens is 210 g/mol. The molecule has 1 aliphatic carbocycles. The predicted molar refractivity (Wildman–Crippen MR) is 62.2 cm³/mol. The van der Waals surface area contributed by atoms with E-state index in [-0.39, 0.29) is 0 Å². The van der Waals surface area contributed by atoms with Gasteiger partial charge in [0.2, 0.25) is 0 Å². The summed E-state index contributed by atoms with van der Waals surface area (Å²) in [6, 6.07) is 0. The van der Waals surface area contributed by atoms with E-state index in [0.29, 0.717) is 11.1 Å². The molecule has 1 aliphatic rings. The summed E-state index contributed by atoms with van der Waals surface area (Å²) in [4.78, 5) is 7.67. The minimum Gasteiger partial charge on any atom is -0.343 e. The van der Waals surface area contributed by atoms with Crippen molar-refractivity contribution in [1.82, 2.24) is 15.3 Å². The van der Waals surface area contributed by atoms with Gasteiger partial charge in [0.05, 0.1) is 12.2 Å². The van der Waals surface area contributed by atoms with Crippen molar-refractivity contribution in [2.24, 2.45) is 0 Å². The van der Waals surface area contributed by atoms with Crippen LogP contribution in [-0.2, 0) is 6.54 Å². The van der Waals surface area contributed by atoms with Gasteiger partial charge in [-0.1, -0.05) is 30.9 Å². The predicted octanol–water partition coefficient (Wildman–Crippen LogP) is 2.83. The molecule has 0 saturated heterocycles. The lowest BCUT2D eigenvalue weighted by molar-refractivity contribution is 0.437. The number of H-pyrrole nitrogens is 1. The Morgan fingerprint density at radius 3 is 2.80 bits per heavy atom. The molecule has 0 amide bonds. The summed E-state index contributed by atoms with van der Waals surface area (Å²) in [6.45, 7) is 0.756. The lowest BCUT2D eigenvalue weighted by Crippen LogP contribution is -2.08. The zero-order valence-electron chi connectivity index (χ0n) is 9.15. The molecule has 1 fully saturated rings. The summed E-state index contributed by atoms with van der Waals surface area (Å²) in [5, 5.41) is 3.75. The van der Waals surface area contributed by atoms with E-state index in [2.05, 4.69) is 15.3 Å². The van der Waals surface area contributed by atoms with E-state index < -0.39 is 0 Å². The maximum absolute atomic E-state index is 6.14. The van der Waals surface area contributed by atoms with Crippen LogP contribution < -0.4 is 5.32 Å². The van der Waals surface area contributed by atoms with E-state index in [0.717, 1.165) is 18.1 Å². The van der Waals surface area contributed by atoms with Crippen molar-refractivity contribution in [1.29, 1.82) is 0 Å². The monoisotopic (exact) mass is 227 g/mol. The second-order valence-corrected chi connectivity index (χ2v) is 4.61. The zero-order valence-corrected chi connectivity index (χ0v) is 9.90. The van der Waals surface area contributed by atoms with E-state index >= 15 is 0 Å². The van der Waals surface area contributed by atoms with Crippen LogP contribution in [0, 0.1) is 0 Å². The van der Waals surface area contributed by atoms with Gasteiger partial charge in [-0.3, -0.25) is 0 Å². The van der Waals surface area contributed by atoms with Crippen molar-refractivity contribution in [3.05, 3.63) is 16.7 Å². The number of nitrogens with one attached hydrogen (secondary N) is 2.